The monoisotopic (exact) mass is 575 g/mol. The molecule has 1 saturated heterocycles. The van der Waals surface area contributed by atoms with Gasteiger partial charge < -0.3 is 19.5 Å². The third kappa shape index (κ3) is 5.30. The van der Waals surface area contributed by atoms with Crippen LogP contribution in [0.4, 0.5) is 11.4 Å². The van der Waals surface area contributed by atoms with E-state index in [1.807, 2.05) is 67.3 Å². The van der Waals surface area contributed by atoms with Gasteiger partial charge in [0.15, 0.2) is 5.11 Å². The van der Waals surface area contributed by atoms with Gasteiger partial charge in [-0.3, -0.25) is 9.71 Å². The first-order valence-electron chi connectivity index (χ1n) is 12.5. The van der Waals surface area contributed by atoms with Gasteiger partial charge in [0.2, 0.25) is 10.0 Å². The van der Waals surface area contributed by atoms with Crippen molar-refractivity contribution in [3.8, 4) is 5.69 Å². The molecular formula is C29H29N5O4S2. The molecule has 9 nitrogen and oxygen atoms in total. The molecule has 3 heterocycles. The van der Waals surface area contributed by atoms with Crippen LogP contribution in [0.25, 0.3) is 5.69 Å². The largest absolute Gasteiger partial charge is 0.465 e. The molecule has 0 spiro atoms. The number of nitrogens with one attached hydrogen (secondary N) is 2. The number of carbonyl (C=O) groups is 1. The van der Waals surface area contributed by atoms with E-state index < -0.39 is 16.0 Å². The summed E-state index contributed by atoms with van der Waals surface area (Å²) >= 11 is 5.85. The zero-order valence-electron chi connectivity index (χ0n) is 22.5. The maximum atomic E-state index is 12.2. The van der Waals surface area contributed by atoms with Crippen molar-refractivity contribution in [2.24, 2.45) is 0 Å². The molecule has 4 aromatic rings. The summed E-state index contributed by atoms with van der Waals surface area (Å²) in [4.78, 5) is 18.9. The minimum atomic E-state index is -3.40. The Labute approximate surface area is 238 Å². The number of anilines is 2. The highest BCUT2D eigenvalue weighted by Crippen LogP contribution is 2.44. The van der Waals surface area contributed by atoms with Crippen molar-refractivity contribution in [3.05, 3.63) is 107 Å². The third-order valence-corrected chi connectivity index (χ3v) is 7.78. The molecule has 40 heavy (non-hydrogen) atoms. The molecule has 206 valence electrons. The molecule has 0 amide bonds. The van der Waals surface area contributed by atoms with E-state index in [1.54, 1.807) is 24.4 Å². The van der Waals surface area contributed by atoms with Gasteiger partial charge in [0.1, 0.15) is 0 Å². The number of sulfonamides is 1. The van der Waals surface area contributed by atoms with Crippen LogP contribution in [-0.4, -0.2) is 42.4 Å². The summed E-state index contributed by atoms with van der Waals surface area (Å²) in [5.74, 6) is -0.398. The molecule has 11 heteroatoms. The lowest BCUT2D eigenvalue weighted by Crippen LogP contribution is -2.29. The van der Waals surface area contributed by atoms with E-state index in [4.69, 9.17) is 17.0 Å². The number of carbonyl (C=O) groups excluding carboxylic acids is 1. The van der Waals surface area contributed by atoms with Crippen molar-refractivity contribution in [1.82, 2.24) is 14.9 Å². The van der Waals surface area contributed by atoms with Gasteiger partial charge >= 0.3 is 5.97 Å². The number of hydrogen-bond donors (Lipinski definition) is 2. The zero-order chi connectivity index (χ0) is 28.6. The first kappa shape index (κ1) is 27.4. The van der Waals surface area contributed by atoms with Crippen LogP contribution in [0.15, 0.2) is 79.0 Å². The molecule has 2 atom stereocenters. The van der Waals surface area contributed by atoms with Crippen molar-refractivity contribution in [1.29, 1.82) is 0 Å². The number of benzene rings is 2. The zero-order valence-corrected chi connectivity index (χ0v) is 24.1. The molecule has 1 aliphatic rings. The molecule has 2 aromatic carbocycles. The average molecular weight is 576 g/mol. The fourth-order valence-electron chi connectivity index (χ4n) is 5.23. The quantitative estimate of drug-likeness (QED) is 0.239. The summed E-state index contributed by atoms with van der Waals surface area (Å²) < 4.78 is 32.9. The highest BCUT2D eigenvalue weighted by atomic mass is 32.2. The van der Waals surface area contributed by atoms with Gasteiger partial charge in [-0.15, -0.1) is 0 Å². The molecule has 1 aliphatic heterocycles. The van der Waals surface area contributed by atoms with Crippen LogP contribution in [0.3, 0.4) is 0 Å². The number of esters is 1. The Hall–Kier alpha value is -4.22. The molecule has 0 saturated carbocycles. The summed E-state index contributed by atoms with van der Waals surface area (Å²) in [6.07, 6.45) is 2.87. The molecule has 2 aromatic heterocycles. The van der Waals surface area contributed by atoms with E-state index >= 15 is 0 Å². The predicted molar refractivity (Wildman–Crippen MR) is 159 cm³/mol. The van der Waals surface area contributed by atoms with Gasteiger partial charge in [-0.05, 0) is 92.3 Å². The number of nitrogens with zero attached hydrogens (tertiary/aromatic N) is 3. The number of pyridine rings is 1. The molecule has 2 N–H and O–H groups in total. The molecule has 5 rings (SSSR count). The summed E-state index contributed by atoms with van der Waals surface area (Å²) in [6.45, 7) is 4.06. The molecule has 0 radical (unpaired) electrons. The Balaban J connectivity index is 1.62. The van der Waals surface area contributed by atoms with Gasteiger partial charge in [-0.1, -0.05) is 12.1 Å². The Morgan fingerprint density at radius 1 is 1.02 bits per heavy atom. The average Bonchev–Trinajstić information content (AvgIpc) is 3.43. The summed E-state index contributed by atoms with van der Waals surface area (Å²) in [7, 11) is -2.04. The Morgan fingerprint density at radius 3 is 2.42 bits per heavy atom. The second-order valence-corrected chi connectivity index (χ2v) is 11.8. The van der Waals surface area contributed by atoms with Gasteiger partial charge in [0.25, 0.3) is 0 Å². The van der Waals surface area contributed by atoms with E-state index in [0.29, 0.717) is 16.4 Å². The standard InChI is InChI=1S/C29H29N5O4S2/c1-18-16-24(19(2)33(18)23-9-7-8-20(17-23)28(35)38-3)27-26(25-10-5-6-15-30-25)31-29(39)34(27)22-13-11-21(12-14-22)32-40(4,36)37/h5-17,26-27,32H,1-4H3,(H,31,39)/t26-,27+/m0/s1. The van der Waals surface area contributed by atoms with Crippen LogP contribution >= 0.6 is 12.2 Å². The van der Waals surface area contributed by atoms with E-state index in [9.17, 15) is 13.2 Å². The van der Waals surface area contributed by atoms with Gasteiger partial charge in [-0.2, -0.15) is 0 Å². The van der Waals surface area contributed by atoms with Gasteiger partial charge in [0.05, 0.1) is 36.7 Å². The number of aryl methyl sites for hydroxylation is 1. The molecule has 0 aliphatic carbocycles. The lowest BCUT2D eigenvalue weighted by atomic mass is 9.96. The van der Waals surface area contributed by atoms with Gasteiger partial charge in [0, 0.05) is 34.6 Å². The third-order valence-electron chi connectivity index (χ3n) is 6.86. The fourth-order valence-corrected chi connectivity index (χ4v) is 6.14. The highest BCUT2D eigenvalue weighted by Gasteiger charge is 2.42. The molecular weight excluding hydrogens is 546 g/mol. The second-order valence-electron chi connectivity index (χ2n) is 9.62. The van der Waals surface area contributed by atoms with Gasteiger partial charge in [-0.25, -0.2) is 13.2 Å². The van der Waals surface area contributed by atoms with Crippen molar-refractivity contribution >= 4 is 44.7 Å². The molecule has 0 unspecified atom stereocenters. The highest BCUT2D eigenvalue weighted by molar-refractivity contribution is 7.92. The van der Waals surface area contributed by atoms with Crippen molar-refractivity contribution in [2.45, 2.75) is 25.9 Å². The lowest BCUT2D eigenvalue weighted by molar-refractivity contribution is 0.0600. The van der Waals surface area contributed by atoms with E-state index in [-0.39, 0.29) is 12.1 Å². The Morgan fingerprint density at radius 2 is 1.77 bits per heavy atom. The SMILES string of the molecule is COC(=O)c1cccc(-n2c(C)cc([C@@H]3[C@H](c4ccccn4)NC(=S)N3c3ccc(NS(C)(=O)=O)cc3)c2C)c1. The second kappa shape index (κ2) is 10.7. The van der Waals surface area contributed by atoms with Crippen molar-refractivity contribution in [2.75, 3.05) is 23.0 Å². The topological polar surface area (TPSA) is 106 Å². The lowest BCUT2D eigenvalue weighted by Gasteiger charge is -2.28. The van der Waals surface area contributed by atoms with Crippen molar-refractivity contribution in [3.63, 3.8) is 0 Å². The predicted octanol–water partition coefficient (Wildman–Crippen LogP) is 4.82. The van der Waals surface area contributed by atoms with Crippen LogP contribution < -0.4 is 14.9 Å². The maximum Gasteiger partial charge on any atom is 0.337 e. The maximum absolute atomic E-state index is 12.2. The van der Waals surface area contributed by atoms with E-state index in [2.05, 4.69) is 25.7 Å². The number of thiocarbonyl (C=S) groups is 1. The van der Waals surface area contributed by atoms with Crippen LogP contribution in [-0.2, 0) is 14.8 Å². The van der Waals surface area contributed by atoms with E-state index in [1.165, 1.54) is 7.11 Å². The summed E-state index contributed by atoms with van der Waals surface area (Å²) in [5.41, 5.74) is 6.41. The summed E-state index contributed by atoms with van der Waals surface area (Å²) in [6, 6.07) is 21.8. The first-order valence-corrected chi connectivity index (χ1v) is 14.8. The smallest absolute Gasteiger partial charge is 0.337 e. The minimum Gasteiger partial charge on any atom is -0.465 e. The number of hydrogen-bond acceptors (Lipinski definition) is 6. The van der Waals surface area contributed by atoms with Crippen LogP contribution in [0, 0.1) is 13.8 Å². The summed E-state index contributed by atoms with van der Waals surface area (Å²) in [5, 5.41) is 3.99. The van der Waals surface area contributed by atoms with Crippen LogP contribution in [0.2, 0.25) is 0 Å². The number of methoxy groups -OCH3 is 1. The van der Waals surface area contributed by atoms with Crippen molar-refractivity contribution < 1.29 is 17.9 Å². The van der Waals surface area contributed by atoms with Crippen LogP contribution in [0.1, 0.15) is 45.1 Å². The fraction of sp³-hybridized carbons (Fsp3) is 0.207. The first-order chi connectivity index (χ1) is 19.1. The number of aromatic nitrogens is 2. The molecule has 0 bridgehead atoms. The van der Waals surface area contributed by atoms with Crippen LogP contribution in [0.5, 0.6) is 0 Å². The number of rotatable bonds is 7. The number of ether oxygens (including phenoxy) is 1. The Bertz CT molecular complexity index is 1690. The molecule has 1 fully saturated rings. The van der Waals surface area contributed by atoms with E-state index in [0.717, 1.165) is 40.3 Å². The Kier molecular flexibility index (Phi) is 7.35. The minimum absolute atomic E-state index is 0.252. The normalized spacial score (nSPS) is 17.0.